The number of amides is 9. The number of rotatable bonds is 47. The average Bonchev–Trinajstić information content (AvgIpc) is 1.57. The smallest absolute Gasteiger partial charge is 0.328 e. The van der Waals surface area contributed by atoms with Crippen LogP contribution in [0, 0.1) is 41.4 Å². The zero-order chi connectivity index (χ0) is 81.2. The van der Waals surface area contributed by atoms with Crippen molar-refractivity contribution >= 4 is 76.5 Å². The Morgan fingerprint density at radius 3 is 1.48 bits per heavy atom. The third kappa shape index (κ3) is 27.0. The van der Waals surface area contributed by atoms with Crippen molar-refractivity contribution in [2.45, 2.75) is 284 Å². The lowest BCUT2D eigenvalue weighted by molar-refractivity contribution is -0.145. The molecule has 31 nitrogen and oxygen atoms in total. The number of nitrogens with one attached hydrogen (secondary N) is 12. The molecule has 4 rings (SSSR count). The maximum absolute atomic E-state index is 15.7. The van der Waals surface area contributed by atoms with E-state index in [2.05, 4.69) is 63.8 Å². The van der Waals surface area contributed by atoms with Crippen LogP contribution in [-0.2, 0) is 68.7 Å². The molecular weight excluding hydrogens is 1390 g/mol. The molecule has 15 atom stereocenters. The summed E-state index contributed by atoms with van der Waals surface area (Å²) in [5.41, 5.74) is 8.63. The highest BCUT2D eigenvalue weighted by atomic mass is 16.4. The van der Waals surface area contributed by atoms with E-state index in [0.29, 0.717) is 50.8 Å². The van der Waals surface area contributed by atoms with Crippen LogP contribution in [0.15, 0.2) is 47.8 Å². The number of hydrogen-bond donors (Lipinski definition) is 18. The number of aromatic hydroxyl groups is 1. The van der Waals surface area contributed by atoms with Gasteiger partial charge in [-0.3, -0.25) is 57.5 Å². The standard InChI is InChI=1S/C77H126N14O17/c1-40(2)31-51(67(99)90-62(47(14)92)74(106)88-58(33-42(5)6)72(104)85-56(22-17-19-29-79)69(101)86-57(32-41(3)4)71(103)83-46(13)66(98)91-63(48(15)93)75(107)108)52-38-82-77(64(52)96,36-44(9)10)53-39-81-76(65(53)97,35-43(7)8)37-60(95)61(45(11)12)89-73(105)59(34-49-24-26-50(94)27-25-49)87-70(102)55(21-16-18-28-78)84-68(100)54-23-20-30-80-54/h24-27,38-48,51,54-59,61-63,80-82,92-94H,16-23,28-37,78-79H2,1-15H3,(H,83,103)(H,84,100)(H,85,104)(H,86,101)(H,87,102)(H,88,106)(H,89,105)(H,90,99)(H,91,98)(H,107,108)/t46-,47+,48+,51+,54-,55-,56-,57-,58-,59-,61-,62-,63-,76-,77-/m0/s1. The third-order valence-electron chi connectivity index (χ3n) is 19.5. The quantitative estimate of drug-likeness (QED) is 0.0408. The number of ketones is 3. The fourth-order valence-electron chi connectivity index (χ4n) is 14.0. The Morgan fingerprint density at radius 2 is 0.991 bits per heavy atom. The van der Waals surface area contributed by atoms with E-state index in [1.807, 2.05) is 41.5 Å². The molecule has 1 aromatic rings. The van der Waals surface area contributed by atoms with Crippen molar-refractivity contribution in [1.29, 1.82) is 0 Å². The molecule has 0 unspecified atom stereocenters. The summed E-state index contributed by atoms with van der Waals surface area (Å²) in [5, 5.41) is 74.4. The highest BCUT2D eigenvalue weighted by molar-refractivity contribution is 6.20. The van der Waals surface area contributed by atoms with Gasteiger partial charge in [-0.15, -0.1) is 0 Å². The van der Waals surface area contributed by atoms with Crippen molar-refractivity contribution < 1.29 is 82.8 Å². The van der Waals surface area contributed by atoms with Crippen LogP contribution < -0.4 is 75.3 Å². The second kappa shape index (κ2) is 43.1. The van der Waals surface area contributed by atoms with Crippen molar-refractivity contribution in [2.24, 2.45) is 52.9 Å². The molecule has 3 aliphatic rings. The topological polar surface area (TPSA) is 499 Å². The van der Waals surface area contributed by atoms with Crippen LogP contribution in [0.2, 0.25) is 0 Å². The Labute approximate surface area is 636 Å². The van der Waals surface area contributed by atoms with Crippen LogP contribution in [0.3, 0.4) is 0 Å². The molecule has 0 saturated carbocycles. The van der Waals surface area contributed by atoms with Crippen molar-refractivity contribution in [3.05, 3.63) is 53.4 Å². The van der Waals surface area contributed by atoms with Gasteiger partial charge in [0.2, 0.25) is 53.2 Å². The lowest BCUT2D eigenvalue weighted by Gasteiger charge is -2.36. The van der Waals surface area contributed by atoms with Crippen LogP contribution in [0.4, 0.5) is 0 Å². The monoisotopic (exact) mass is 1520 g/mol. The van der Waals surface area contributed by atoms with Crippen LogP contribution in [-0.4, -0.2) is 200 Å². The highest BCUT2D eigenvalue weighted by Crippen LogP contribution is 2.43. The molecule has 0 radical (unpaired) electrons. The molecule has 3 aliphatic heterocycles. The van der Waals surface area contributed by atoms with E-state index in [0.717, 1.165) is 6.42 Å². The van der Waals surface area contributed by atoms with Crippen LogP contribution in [0.1, 0.15) is 199 Å². The van der Waals surface area contributed by atoms with Gasteiger partial charge >= 0.3 is 5.97 Å². The van der Waals surface area contributed by atoms with Crippen molar-refractivity contribution in [3.63, 3.8) is 0 Å². The number of phenols is 1. The van der Waals surface area contributed by atoms with E-state index in [-0.39, 0.29) is 110 Å². The van der Waals surface area contributed by atoms with E-state index < -0.39 is 173 Å². The summed E-state index contributed by atoms with van der Waals surface area (Å²) in [4.78, 5) is 186. The molecule has 1 saturated heterocycles. The Hall–Kier alpha value is -8.39. The number of nitrogens with two attached hydrogens (primary N) is 2. The minimum Gasteiger partial charge on any atom is -0.508 e. The molecule has 9 amide bonds. The number of carboxylic acids is 1. The first-order valence-corrected chi connectivity index (χ1v) is 38.4. The van der Waals surface area contributed by atoms with Crippen LogP contribution >= 0.6 is 0 Å². The first-order chi connectivity index (χ1) is 50.6. The molecule has 20 N–H and O–H groups in total. The molecule has 1 fully saturated rings. The summed E-state index contributed by atoms with van der Waals surface area (Å²) >= 11 is 0. The lowest BCUT2D eigenvalue weighted by atomic mass is 9.70. The van der Waals surface area contributed by atoms with E-state index in [4.69, 9.17) is 11.5 Å². The lowest BCUT2D eigenvalue weighted by Crippen LogP contribution is -2.60. The number of phenolic OH excluding ortho intramolecular Hbond substituents is 1. The van der Waals surface area contributed by atoms with Gasteiger partial charge in [-0.25, -0.2) is 4.79 Å². The Morgan fingerprint density at radius 1 is 0.509 bits per heavy atom. The highest BCUT2D eigenvalue weighted by Gasteiger charge is 2.58. The molecule has 0 aliphatic carbocycles. The van der Waals surface area contributed by atoms with Crippen molar-refractivity contribution in [3.8, 4) is 5.75 Å². The Balaban J connectivity index is 1.63. The maximum atomic E-state index is 15.7. The predicted octanol–water partition coefficient (Wildman–Crippen LogP) is 1.23. The molecule has 606 valence electrons. The summed E-state index contributed by atoms with van der Waals surface area (Å²) in [6.45, 7) is 26.6. The molecule has 1 aromatic carbocycles. The second-order valence-electron chi connectivity index (χ2n) is 32.0. The van der Waals surface area contributed by atoms with Crippen molar-refractivity contribution in [2.75, 3.05) is 19.6 Å². The first-order valence-electron chi connectivity index (χ1n) is 38.4. The third-order valence-corrected chi connectivity index (χ3v) is 19.5. The average molecular weight is 1520 g/mol. The van der Waals surface area contributed by atoms with Gasteiger partial charge in [-0.2, -0.15) is 0 Å². The maximum Gasteiger partial charge on any atom is 0.328 e. The van der Waals surface area contributed by atoms with Gasteiger partial charge in [0.1, 0.15) is 59.1 Å². The van der Waals surface area contributed by atoms with Gasteiger partial charge in [-0.05, 0) is 177 Å². The number of hydrogen-bond acceptors (Lipinski definition) is 21. The summed E-state index contributed by atoms with van der Waals surface area (Å²) in [7, 11) is 0. The number of carboxylic acid groups (broad SMARTS) is 1. The summed E-state index contributed by atoms with van der Waals surface area (Å²) in [6, 6.07) is -6.76. The van der Waals surface area contributed by atoms with Crippen LogP contribution in [0.25, 0.3) is 0 Å². The fraction of sp³-hybridized carbons (Fsp3) is 0.701. The minimum atomic E-state index is -1.81. The predicted molar refractivity (Wildman–Crippen MR) is 406 cm³/mol. The minimum absolute atomic E-state index is 0.0126. The normalized spacial score (nSPS) is 20.5. The molecule has 108 heavy (non-hydrogen) atoms. The number of unbranched alkanes of at least 4 members (excludes halogenated alkanes) is 2. The van der Waals surface area contributed by atoms with Gasteiger partial charge in [0.05, 0.1) is 30.2 Å². The number of carbonyl (C=O) groups is 13. The SMILES string of the molecule is CC(C)C[C@@H](C(=O)N[C@H](C(=O)N[C@@H](CC(C)C)C(=O)N[C@@H](CCCCN)C(=O)N[C@@H](CC(C)C)C(=O)N[C@@H](C)C(=O)N[C@H](C(=O)O)[C@@H](C)O)[C@@H](C)O)C1=CN[C@@](CC(C)C)(C2=CN[C@](CC(=O)[C@@H](NC(=O)[C@H](Cc3ccc(O)cc3)NC(=O)[C@H](CCCCN)NC(=O)[C@@H]3CCCN3)C(C)C)(CC(C)C)C2=O)C1=O. The van der Waals surface area contributed by atoms with Gasteiger partial charge in [-0.1, -0.05) is 95.2 Å². The second-order valence-corrected chi connectivity index (χ2v) is 32.0. The molecular formula is C77H126N14O17. The van der Waals surface area contributed by atoms with Crippen molar-refractivity contribution in [1.82, 2.24) is 63.8 Å². The number of benzene rings is 1. The number of Topliss-reactive ketones (excluding diaryl/α,β-unsaturated/α-hetero) is 3. The molecule has 0 bridgehead atoms. The van der Waals surface area contributed by atoms with Gasteiger partial charge in [0.25, 0.3) is 0 Å². The first kappa shape index (κ1) is 92.0. The molecule has 0 aromatic heterocycles. The Bertz CT molecular complexity index is 3330. The van der Waals surface area contributed by atoms with Gasteiger partial charge in [0, 0.05) is 36.4 Å². The van der Waals surface area contributed by atoms with E-state index in [1.54, 1.807) is 53.7 Å². The molecule has 0 spiro atoms. The largest absolute Gasteiger partial charge is 0.508 e. The molecule has 3 heterocycles. The van der Waals surface area contributed by atoms with Gasteiger partial charge in [0.15, 0.2) is 23.4 Å². The van der Waals surface area contributed by atoms with E-state index >= 15 is 19.2 Å². The zero-order valence-corrected chi connectivity index (χ0v) is 65.9. The number of carbonyl (C=O) groups excluding carboxylic acids is 12. The summed E-state index contributed by atoms with van der Waals surface area (Å²) < 4.78 is 0. The van der Waals surface area contributed by atoms with E-state index in [9.17, 15) is 63.6 Å². The zero-order valence-electron chi connectivity index (χ0n) is 65.9. The van der Waals surface area contributed by atoms with Gasteiger partial charge < -0.3 is 95.7 Å². The summed E-state index contributed by atoms with van der Waals surface area (Å²) in [5.74, 6) is -13.4. The number of aliphatic hydroxyl groups excluding tert-OH is 2. The molecule has 31 heteroatoms. The fourth-order valence-corrected chi connectivity index (χ4v) is 14.0. The number of aliphatic carboxylic acids is 1. The number of aliphatic hydroxyl groups is 2. The summed E-state index contributed by atoms with van der Waals surface area (Å²) in [6.07, 6.45) is 2.78. The van der Waals surface area contributed by atoms with E-state index in [1.165, 1.54) is 45.3 Å². The Kier molecular flexibility index (Phi) is 36.7. The van der Waals surface area contributed by atoms with Crippen LogP contribution in [0.5, 0.6) is 5.75 Å².